The quantitative estimate of drug-likeness (QED) is 0.807. The first kappa shape index (κ1) is 11.0. The third kappa shape index (κ3) is 3.28. The summed E-state index contributed by atoms with van der Waals surface area (Å²) in [4.78, 5) is 5.01. The van der Waals surface area contributed by atoms with Crippen molar-refractivity contribution in [2.24, 2.45) is 0 Å². The summed E-state index contributed by atoms with van der Waals surface area (Å²) in [6.07, 6.45) is 1.68. The van der Waals surface area contributed by atoms with Gasteiger partial charge in [-0.15, -0.1) is 11.3 Å². The number of nitrogens with zero attached hydrogens (tertiary/aromatic N) is 1. The lowest BCUT2D eigenvalue weighted by molar-refractivity contribution is 0.596. The van der Waals surface area contributed by atoms with Gasteiger partial charge >= 0.3 is 0 Å². The van der Waals surface area contributed by atoms with Crippen LogP contribution in [-0.2, 0) is 21.3 Å². The molecule has 0 atom stereocenters. The van der Waals surface area contributed by atoms with E-state index in [0.29, 0.717) is 10.8 Å². The van der Waals surface area contributed by atoms with E-state index in [4.69, 9.17) is 0 Å². The summed E-state index contributed by atoms with van der Waals surface area (Å²) < 4.78 is 22.4. The first-order valence-corrected chi connectivity index (χ1v) is 7.09. The standard InChI is InChI=1S/C7H11NO2S3/c1-2-13(9,10)5-7-8-3-6(4-11)12-7/h3,11H,2,4-5H2,1H3. The van der Waals surface area contributed by atoms with Gasteiger partial charge in [0.1, 0.15) is 10.8 Å². The van der Waals surface area contributed by atoms with Crippen LogP contribution in [-0.4, -0.2) is 19.2 Å². The molecule has 0 spiro atoms. The van der Waals surface area contributed by atoms with Crippen molar-refractivity contribution in [1.82, 2.24) is 4.98 Å². The van der Waals surface area contributed by atoms with Gasteiger partial charge in [0.05, 0.1) is 0 Å². The molecule has 1 aromatic heterocycles. The van der Waals surface area contributed by atoms with Crippen molar-refractivity contribution in [3.8, 4) is 0 Å². The van der Waals surface area contributed by atoms with Crippen LogP contribution in [0.25, 0.3) is 0 Å². The fourth-order valence-corrected chi connectivity index (χ4v) is 3.06. The highest BCUT2D eigenvalue weighted by Crippen LogP contribution is 2.17. The molecule has 0 aromatic carbocycles. The summed E-state index contributed by atoms with van der Waals surface area (Å²) in [5.74, 6) is 0.842. The van der Waals surface area contributed by atoms with Crippen molar-refractivity contribution in [1.29, 1.82) is 0 Å². The van der Waals surface area contributed by atoms with E-state index in [-0.39, 0.29) is 11.5 Å². The Morgan fingerprint density at radius 2 is 2.31 bits per heavy atom. The Labute approximate surface area is 87.5 Å². The maximum atomic E-state index is 11.2. The zero-order valence-electron chi connectivity index (χ0n) is 7.23. The van der Waals surface area contributed by atoms with Gasteiger partial charge in [-0.1, -0.05) is 6.92 Å². The van der Waals surface area contributed by atoms with Crippen molar-refractivity contribution in [3.05, 3.63) is 16.1 Å². The van der Waals surface area contributed by atoms with Gasteiger partial charge in [0.2, 0.25) is 0 Å². The fraction of sp³-hybridized carbons (Fsp3) is 0.571. The van der Waals surface area contributed by atoms with Crippen LogP contribution in [0.1, 0.15) is 16.8 Å². The minimum absolute atomic E-state index is 0.0575. The number of sulfone groups is 1. The van der Waals surface area contributed by atoms with Crippen LogP contribution in [0.3, 0.4) is 0 Å². The zero-order chi connectivity index (χ0) is 9.90. The summed E-state index contributed by atoms with van der Waals surface area (Å²) in [6, 6.07) is 0. The smallest absolute Gasteiger partial charge is 0.156 e. The van der Waals surface area contributed by atoms with Crippen LogP contribution in [0.4, 0.5) is 0 Å². The van der Waals surface area contributed by atoms with Gasteiger partial charge in [-0.2, -0.15) is 12.6 Å². The molecule has 0 aliphatic heterocycles. The van der Waals surface area contributed by atoms with E-state index >= 15 is 0 Å². The number of thiazole rings is 1. The van der Waals surface area contributed by atoms with Crippen molar-refractivity contribution in [2.45, 2.75) is 18.4 Å². The Balaban J connectivity index is 2.75. The summed E-state index contributed by atoms with van der Waals surface area (Å²) in [7, 11) is -2.94. The maximum Gasteiger partial charge on any atom is 0.156 e. The average molecular weight is 237 g/mol. The molecule has 0 amide bonds. The van der Waals surface area contributed by atoms with Gasteiger partial charge < -0.3 is 0 Å². The van der Waals surface area contributed by atoms with E-state index in [0.717, 1.165) is 4.88 Å². The third-order valence-corrected chi connectivity index (χ3v) is 4.87. The maximum absolute atomic E-state index is 11.2. The normalized spacial score (nSPS) is 11.8. The molecule has 0 saturated carbocycles. The Hall–Kier alpha value is -0.0700. The lowest BCUT2D eigenvalue weighted by Crippen LogP contribution is -2.05. The first-order chi connectivity index (χ1) is 6.07. The Kier molecular flexibility index (Phi) is 3.75. The molecule has 1 aromatic rings. The molecule has 74 valence electrons. The topological polar surface area (TPSA) is 47.0 Å². The number of rotatable bonds is 4. The predicted octanol–water partition coefficient (Wildman–Crippen LogP) is 1.51. The second-order valence-electron chi connectivity index (χ2n) is 2.56. The largest absolute Gasteiger partial charge is 0.248 e. The summed E-state index contributed by atoms with van der Waals surface area (Å²) >= 11 is 5.49. The molecule has 0 unspecified atom stereocenters. The number of thiol groups is 1. The Morgan fingerprint density at radius 3 is 2.77 bits per heavy atom. The van der Waals surface area contributed by atoms with Gasteiger partial charge in [-0.25, -0.2) is 13.4 Å². The SMILES string of the molecule is CCS(=O)(=O)Cc1ncc(CS)s1. The molecule has 0 aliphatic carbocycles. The van der Waals surface area contributed by atoms with Crippen LogP contribution in [0.2, 0.25) is 0 Å². The van der Waals surface area contributed by atoms with E-state index in [2.05, 4.69) is 17.6 Å². The second kappa shape index (κ2) is 4.43. The van der Waals surface area contributed by atoms with Gasteiger partial charge in [0.25, 0.3) is 0 Å². The summed E-state index contributed by atoms with van der Waals surface area (Å²) in [5, 5.41) is 0.658. The molecule has 0 bridgehead atoms. The number of aromatic nitrogens is 1. The molecule has 1 rings (SSSR count). The lowest BCUT2D eigenvalue weighted by Gasteiger charge is -1.95. The van der Waals surface area contributed by atoms with Crippen LogP contribution in [0, 0.1) is 0 Å². The van der Waals surface area contributed by atoms with E-state index < -0.39 is 9.84 Å². The third-order valence-electron chi connectivity index (χ3n) is 1.54. The lowest BCUT2D eigenvalue weighted by atomic mass is 10.6. The van der Waals surface area contributed by atoms with Crippen molar-refractivity contribution >= 4 is 33.8 Å². The molecule has 0 fully saturated rings. The van der Waals surface area contributed by atoms with Crippen LogP contribution >= 0.6 is 24.0 Å². The van der Waals surface area contributed by atoms with E-state index in [1.807, 2.05) is 0 Å². The molecule has 3 nitrogen and oxygen atoms in total. The molecule has 1 heterocycles. The van der Waals surface area contributed by atoms with Crippen LogP contribution in [0.5, 0.6) is 0 Å². The van der Waals surface area contributed by atoms with Crippen molar-refractivity contribution in [2.75, 3.05) is 5.75 Å². The van der Waals surface area contributed by atoms with Gasteiger partial charge in [0.15, 0.2) is 9.84 Å². The highest BCUT2D eigenvalue weighted by atomic mass is 32.2. The minimum atomic E-state index is -2.94. The van der Waals surface area contributed by atoms with Crippen molar-refractivity contribution in [3.63, 3.8) is 0 Å². The van der Waals surface area contributed by atoms with Crippen molar-refractivity contribution < 1.29 is 8.42 Å². The van der Waals surface area contributed by atoms with Crippen LogP contribution in [0.15, 0.2) is 6.20 Å². The molecule has 0 aliphatic rings. The Bertz CT molecular complexity index is 369. The molecule has 0 N–H and O–H groups in total. The van der Waals surface area contributed by atoms with E-state index in [1.165, 1.54) is 11.3 Å². The zero-order valence-corrected chi connectivity index (χ0v) is 9.75. The minimum Gasteiger partial charge on any atom is -0.248 e. The highest BCUT2D eigenvalue weighted by Gasteiger charge is 2.11. The molecule has 6 heteroatoms. The molecular weight excluding hydrogens is 226 g/mol. The fourth-order valence-electron chi connectivity index (χ4n) is 0.778. The first-order valence-electron chi connectivity index (χ1n) is 3.82. The molecule has 0 saturated heterocycles. The van der Waals surface area contributed by atoms with Crippen LogP contribution < -0.4 is 0 Å². The monoisotopic (exact) mass is 237 g/mol. The highest BCUT2D eigenvalue weighted by molar-refractivity contribution is 7.90. The van der Waals surface area contributed by atoms with Gasteiger partial charge in [-0.3, -0.25) is 0 Å². The summed E-state index contributed by atoms with van der Waals surface area (Å²) in [5.41, 5.74) is 0. The Morgan fingerprint density at radius 1 is 1.62 bits per heavy atom. The van der Waals surface area contributed by atoms with Gasteiger partial charge in [0, 0.05) is 22.6 Å². The number of hydrogen-bond donors (Lipinski definition) is 1. The summed E-state index contributed by atoms with van der Waals surface area (Å²) in [6.45, 7) is 1.64. The molecular formula is C7H11NO2S3. The van der Waals surface area contributed by atoms with E-state index in [9.17, 15) is 8.42 Å². The average Bonchev–Trinajstić information content (AvgIpc) is 2.52. The van der Waals surface area contributed by atoms with Gasteiger partial charge in [-0.05, 0) is 0 Å². The van der Waals surface area contributed by atoms with E-state index in [1.54, 1.807) is 13.1 Å². The second-order valence-corrected chi connectivity index (χ2v) is 6.42. The number of hydrogen-bond acceptors (Lipinski definition) is 5. The predicted molar refractivity (Wildman–Crippen MR) is 58.0 cm³/mol. The molecule has 0 radical (unpaired) electrons. The molecule has 13 heavy (non-hydrogen) atoms.